The second-order valence-corrected chi connectivity index (χ2v) is 4.29. The molecule has 82 valence electrons. The third-order valence-electron chi connectivity index (χ3n) is 2.48. The van der Waals surface area contributed by atoms with Gasteiger partial charge in [0.2, 0.25) is 0 Å². The minimum absolute atomic E-state index is 0.120. The largest absolute Gasteiger partial charge is 0.464 e. The zero-order valence-electron chi connectivity index (χ0n) is 8.68. The number of aromatic nitrogens is 1. The molecule has 0 aromatic carbocycles. The van der Waals surface area contributed by atoms with Gasteiger partial charge in [0.25, 0.3) is 0 Å². The van der Waals surface area contributed by atoms with E-state index in [1.807, 2.05) is 17.2 Å². The quantitative estimate of drug-likeness (QED) is 0.735. The first-order chi connectivity index (χ1) is 7.33. The minimum Gasteiger partial charge on any atom is -0.464 e. The van der Waals surface area contributed by atoms with Gasteiger partial charge >= 0.3 is 5.97 Å². The van der Waals surface area contributed by atoms with Crippen molar-refractivity contribution < 1.29 is 9.53 Å². The molecule has 1 aromatic rings. The zero-order chi connectivity index (χ0) is 10.7. The number of rotatable bonds is 3. The molecule has 0 radical (unpaired) electrons. The van der Waals surface area contributed by atoms with Crippen molar-refractivity contribution in [3.63, 3.8) is 0 Å². The molecule has 15 heavy (non-hydrogen) atoms. The average Bonchev–Trinajstić information content (AvgIpc) is 2.88. The highest BCUT2D eigenvalue weighted by Gasteiger charge is 2.33. The number of esters is 1. The Morgan fingerprint density at radius 3 is 3.33 bits per heavy atom. The fraction of sp³-hybridized carbons (Fsp3) is 0.600. The molecule has 0 N–H and O–H groups in total. The Morgan fingerprint density at radius 1 is 1.80 bits per heavy atom. The molecular weight excluding hydrogens is 212 g/mol. The molecule has 0 amide bonds. The predicted molar refractivity (Wildman–Crippen MR) is 59.1 cm³/mol. The molecule has 1 saturated heterocycles. The van der Waals surface area contributed by atoms with E-state index in [0.29, 0.717) is 6.61 Å². The van der Waals surface area contributed by atoms with Crippen molar-refractivity contribution in [2.75, 3.05) is 18.1 Å². The van der Waals surface area contributed by atoms with Crippen LogP contribution in [0, 0.1) is 0 Å². The number of ether oxygens (including phenoxy) is 1. The van der Waals surface area contributed by atoms with Gasteiger partial charge in [0.05, 0.1) is 6.61 Å². The summed E-state index contributed by atoms with van der Waals surface area (Å²) in [5.41, 5.74) is 0. The van der Waals surface area contributed by atoms with Crippen LogP contribution in [-0.4, -0.2) is 30.1 Å². The molecule has 2 heterocycles. The van der Waals surface area contributed by atoms with Gasteiger partial charge in [0, 0.05) is 18.1 Å². The third-order valence-corrected chi connectivity index (χ3v) is 3.28. The normalized spacial score (nSPS) is 20.6. The van der Waals surface area contributed by atoms with Gasteiger partial charge in [-0.05, 0) is 19.8 Å². The smallest absolute Gasteiger partial charge is 0.328 e. The van der Waals surface area contributed by atoms with Crippen LogP contribution in [-0.2, 0) is 9.53 Å². The van der Waals surface area contributed by atoms with E-state index in [2.05, 4.69) is 4.98 Å². The molecule has 1 unspecified atom stereocenters. The Hall–Kier alpha value is -1.10. The Balaban J connectivity index is 2.08. The SMILES string of the molecule is CCOC(=O)C1CCCN1c1nccs1. The van der Waals surface area contributed by atoms with Crippen molar-refractivity contribution in [2.24, 2.45) is 0 Å². The molecule has 0 aliphatic carbocycles. The van der Waals surface area contributed by atoms with Crippen LogP contribution in [0.4, 0.5) is 5.13 Å². The van der Waals surface area contributed by atoms with Crippen LogP contribution in [0.25, 0.3) is 0 Å². The number of anilines is 1. The fourth-order valence-corrected chi connectivity index (χ4v) is 2.56. The first-order valence-corrected chi connectivity index (χ1v) is 6.03. The molecular formula is C10H14N2O2S. The molecule has 0 spiro atoms. The third kappa shape index (κ3) is 2.12. The lowest BCUT2D eigenvalue weighted by Crippen LogP contribution is -2.37. The molecule has 1 atom stereocenters. The summed E-state index contributed by atoms with van der Waals surface area (Å²) in [5.74, 6) is -0.120. The molecule has 1 aliphatic heterocycles. The van der Waals surface area contributed by atoms with Crippen molar-refractivity contribution in [1.82, 2.24) is 4.98 Å². The van der Waals surface area contributed by atoms with Crippen LogP contribution in [0.15, 0.2) is 11.6 Å². The summed E-state index contributed by atoms with van der Waals surface area (Å²) < 4.78 is 5.05. The lowest BCUT2D eigenvalue weighted by molar-refractivity contribution is -0.144. The summed E-state index contributed by atoms with van der Waals surface area (Å²) in [6.07, 6.45) is 3.67. The Morgan fingerprint density at radius 2 is 2.67 bits per heavy atom. The first-order valence-electron chi connectivity index (χ1n) is 5.15. The molecule has 1 aromatic heterocycles. The van der Waals surface area contributed by atoms with E-state index < -0.39 is 0 Å². The molecule has 0 bridgehead atoms. The standard InChI is InChI=1S/C10H14N2O2S/c1-2-14-9(13)8-4-3-6-12(8)10-11-5-7-15-10/h5,7-8H,2-4,6H2,1H3. The monoisotopic (exact) mass is 226 g/mol. The Kier molecular flexibility index (Phi) is 3.20. The fourth-order valence-electron chi connectivity index (χ4n) is 1.84. The van der Waals surface area contributed by atoms with Gasteiger partial charge in [0.1, 0.15) is 6.04 Å². The summed E-state index contributed by atoms with van der Waals surface area (Å²) in [4.78, 5) is 17.9. The first kappa shape index (κ1) is 10.4. The lowest BCUT2D eigenvalue weighted by atomic mass is 10.2. The summed E-state index contributed by atoms with van der Waals surface area (Å²) in [6, 6.07) is -0.129. The van der Waals surface area contributed by atoms with Gasteiger partial charge in [-0.25, -0.2) is 9.78 Å². The van der Waals surface area contributed by atoms with Crippen LogP contribution >= 0.6 is 11.3 Å². The average molecular weight is 226 g/mol. The predicted octanol–water partition coefficient (Wildman–Crippen LogP) is 1.68. The van der Waals surface area contributed by atoms with Crippen LogP contribution < -0.4 is 4.90 Å². The summed E-state index contributed by atoms with van der Waals surface area (Å²) >= 11 is 1.57. The number of carbonyl (C=O) groups is 1. The van der Waals surface area contributed by atoms with E-state index in [9.17, 15) is 4.79 Å². The van der Waals surface area contributed by atoms with Crippen molar-refractivity contribution in [3.8, 4) is 0 Å². The highest BCUT2D eigenvalue weighted by molar-refractivity contribution is 7.13. The maximum Gasteiger partial charge on any atom is 0.328 e. The van der Waals surface area contributed by atoms with Crippen molar-refractivity contribution in [1.29, 1.82) is 0 Å². The number of thiazole rings is 1. The summed E-state index contributed by atoms with van der Waals surface area (Å²) in [6.45, 7) is 3.18. The van der Waals surface area contributed by atoms with Crippen LogP contribution in [0.2, 0.25) is 0 Å². The van der Waals surface area contributed by atoms with Gasteiger partial charge in [-0.3, -0.25) is 0 Å². The minimum atomic E-state index is -0.129. The second-order valence-electron chi connectivity index (χ2n) is 3.42. The number of hydrogen-bond donors (Lipinski definition) is 0. The summed E-state index contributed by atoms with van der Waals surface area (Å²) in [5, 5.41) is 2.85. The molecule has 1 aliphatic rings. The van der Waals surface area contributed by atoms with E-state index in [-0.39, 0.29) is 12.0 Å². The second kappa shape index (κ2) is 4.61. The highest BCUT2D eigenvalue weighted by atomic mass is 32.1. The number of hydrogen-bond acceptors (Lipinski definition) is 5. The van der Waals surface area contributed by atoms with Crippen molar-refractivity contribution in [3.05, 3.63) is 11.6 Å². The Labute approximate surface area is 92.9 Å². The van der Waals surface area contributed by atoms with E-state index in [0.717, 1.165) is 24.5 Å². The molecule has 2 rings (SSSR count). The van der Waals surface area contributed by atoms with E-state index >= 15 is 0 Å². The molecule has 0 saturated carbocycles. The Bertz CT molecular complexity index is 326. The van der Waals surface area contributed by atoms with Gasteiger partial charge < -0.3 is 9.64 Å². The van der Waals surface area contributed by atoms with E-state index in [1.54, 1.807) is 17.5 Å². The van der Waals surface area contributed by atoms with Crippen molar-refractivity contribution >= 4 is 22.4 Å². The summed E-state index contributed by atoms with van der Waals surface area (Å²) in [7, 11) is 0. The zero-order valence-corrected chi connectivity index (χ0v) is 9.50. The number of carbonyl (C=O) groups excluding carboxylic acids is 1. The lowest BCUT2D eigenvalue weighted by Gasteiger charge is -2.21. The van der Waals surface area contributed by atoms with E-state index in [4.69, 9.17) is 4.74 Å². The molecule has 5 heteroatoms. The maximum atomic E-state index is 11.7. The van der Waals surface area contributed by atoms with Gasteiger partial charge in [-0.2, -0.15) is 0 Å². The van der Waals surface area contributed by atoms with E-state index in [1.165, 1.54) is 0 Å². The highest BCUT2D eigenvalue weighted by Crippen LogP contribution is 2.27. The van der Waals surface area contributed by atoms with Crippen LogP contribution in [0.3, 0.4) is 0 Å². The van der Waals surface area contributed by atoms with Crippen LogP contribution in [0.1, 0.15) is 19.8 Å². The molecule has 1 fully saturated rings. The van der Waals surface area contributed by atoms with Gasteiger partial charge in [-0.15, -0.1) is 11.3 Å². The molecule has 4 nitrogen and oxygen atoms in total. The van der Waals surface area contributed by atoms with Crippen LogP contribution in [0.5, 0.6) is 0 Å². The topological polar surface area (TPSA) is 42.4 Å². The van der Waals surface area contributed by atoms with Gasteiger partial charge in [0.15, 0.2) is 5.13 Å². The maximum absolute atomic E-state index is 11.7. The van der Waals surface area contributed by atoms with Gasteiger partial charge in [-0.1, -0.05) is 0 Å². The number of nitrogens with zero attached hydrogens (tertiary/aromatic N) is 2. The van der Waals surface area contributed by atoms with Crippen molar-refractivity contribution in [2.45, 2.75) is 25.8 Å².